The fourth-order valence-corrected chi connectivity index (χ4v) is 5.16. The van der Waals surface area contributed by atoms with E-state index in [2.05, 4.69) is 90.6 Å². The third kappa shape index (κ3) is 7.17. The molecule has 1 amide bonds. The third-order valence-corrected chi connectivity index (χ3v) is 7.31. The molecule has 1 aromatic heterocycles. The summed E-state index contributed by atoms with van der Waals surface area (Å²) in [5.41, 5.74) is 5.63. The van der Waals surface area contributed by atoms with E-state index in [9.17, 15) is 4.79 Å². The zero-order valence-electron chi connectivity index (χ0n) is 24.0. The molecule has 0 radical (unpaired) electrons. The van der Waals surface area contributed by atoms with Gasteiger partial charge in [0.2, 0.25) is 5.91 Å². The van der Waals surface area contributed by atoms with Crippen LogP contribution in [0, 0.1) is 5.92 Å². The number of para-hydroxylation sites is 1. The Morgan fingerprint density at radius 1 is 0.829 bits per heavy atom. The van der Waals surface area contributed by atoms with Gasteiger partial charge in [0, 0.05) is 42.5 Å². The van der Waals surface area contributed by atoms with Crippen LogP contribution in [0.25, 0.3) is 10.9 Å². The second-order valence-corrected chi connectivity index (χ2v) is 10.9. The number of aromatic nitrogens is 1. The van der Waals surface area contributed by atoms with Crippen LogP contribution in [0.4, 0.5) is 0 Å². The lowest BCUT2D eigenvalue weighted by Gasteiger charge is -2.19. The second kappa shape index (κ2) is 13.2. The standard InChI is InChI=1S/C36H38N2O3/c1-26(2)22-37-36(39)21-33(29-12-9-13-31(20-29)41-25-28-10-5-4-6-11-28)34-24-38(35-15-8-7-14-32(34)35)23-27-16-18-30(40-3)19-17-27/h4-20,24,26,33H,21-23,25H2,1-3H3,(H,37,39)/t33-/m1/s1. The van der Waals surface area contributed by atoms with Crippen molar-refractivity contribution in [2.75, 3.05) is 13.7 Å². The van der Waals surface area contributed by atoms with Crippen LogP contribution in [0.3, 0.4) is 0 Å². The molecule has 0 spiro atoms. The number of nitrogens with one attached hydrogen (secondary N) is 1. The van der Waals surface area contributed by atoms with Crippen molar-refractivity contribution in [1.82, 2.24) is 9.88 Å². The first-order valence-electron chi connectivity index (χ1n) is 14.2. The van der Waals surface area contributed by atoms with Crippen LogP contribution in [0.2, 0.25) is 0 Å². The van der Waals surface area contributed by atoms with Crippen LogP contribution < -0.4 is 14.8 Å². The van der Waals surface area contributed by atoms with Gasteiger partial charge in [0.1, 0.15) is 18.1 Å². The zero-order valence-corrected chi connectivity index (χ0v) is 24.0. The molecule has 5 aromatic rings. The first kappa shape index (κ1) is 28.0. The predicted molar refractivity (Wildman–Crippen MR) is 166 cm³/mol. The summed E-state index contributed by atoms with van der Waals surface area (Å²) in [5.74, 6) is 1.93. The van der Waals surface area contributed by atoms with Crippen molar-refractivity contribution >= 4 is 16.8 Å². The monoisotopic (exact) mass is 546 g/mol. The molecule has 0 aliphatic rings. The van der Waals surface area contributed by atoms with Gasteiger partial charge in [-0.05, 0) is 58.5 Å². The molecule has 5 heteroatoms. The van der Waals surface area contributed by atoms with Crippen molar-refractivity contribution in [3.05, 3.63) is 132 Å². The fourth-order valence-electron chi connectivity index (χ4n) is 5.16. The minimum absolute atomic E-state index is 0.0475. The maximum Gasteiger partial charge on any atom is 0.220 e. The third-order valence-electron chi connectivity index (χ3n) is 7.31. The van der Waals surface area contributed by atoms with Gasteiger partial charge in [0.25, 0.3) is 0 Å². The molecule has 0 aliphatic heterocycles. The van der Waals surface area contributed by atoms with Gasteiger partial charge < -0.3 is 19.4 Å². The highest BCUT2D eigenvalue weighted by Crippen LogP contribution is 2.36. The molecule has 5 nitrogen and oxygen atoms in total. The van der Waals surface area contributed by atoms with Gasteiger partial charge in [-0.15, -0.1) is 0 Å². The highest BCUT2D eigenvalue weighted by molar-refractivity contribution is 5.87. The van der Waals surface area contributed by atoms with Crippen LogP contribution in [0.15, 0.2) is 109 Å². The number of carbonyl (C=O) groups is 1. The van der Waals surface area contributed by atoms with Crippen molar-refractivity contribution in [2.45, 2.75) is 39.3 Å². The number of rotatable bonds is 12. The second-order valence-electron chi connectivity index (χ2n) is 10.9. The largest absolute Gasteiger partial charge is 0.497 e. The lowest BCUT2D eigenvalue weighted by molar-refractivity contribution is -0.121. The number of hydrogen-bond acceptors (Lipinski definition) is 3. The number of benzene rings is 4. The van der Waals surface area contributed by atoms with Crippen molar-refractivity contribution < 1.29 is 14.3 Å². The van der Waals surface area contributed by atoms with E-state index in [1.807, 2.05) is 42.5 Å². The van der Waals surface area contributed by atoms with Crippen LogP contribution in [0.5, 0.6) is 11.5 Å². The summed E-state index contributed by atoms with van der Waals surface area (Å²) >= 11 is 0. The number of ether oxygens (including phenoxy) is 2. The molecule has 0 unspecified atom stereocenters. The van der Waals surface area contributed by atoms with E-state index >= 15 is 0 Å². The Labute approximate surface area is 242 Å². The van der Waals surface area contributed by atoms with Gasteiger partial charge in [-0.25, -0.2) is 0 Å². The molecule has 1 N–H and O–H groups in total. The maximum atomic E-state index is 13.2. The van der Waals surface area contributed by atoms with Gasteiger partial charge in [0.15, 0.2) is 0 Å². The number of carbonyl (C=O) groups excluding carboxylic acids is 1. The molecule has 4 aromatic carbocycles. The van der Waals surface area contributed by atoms with Crippen molar-refractivity contribution in [3.63, 3.8) is 0 Å². The van der Waals surface area contributed by atoms with Crippen molar-refractivity contribution in [1.29, 1.82) is 0 Å². The molecule has 210 valence electrons. The normalized spacial score (nSPS) is 11.9. The fraction of sp³-hybridized carbons (Fsp3) is 0.250. The molecule has 0 fully saturated rings. The Balaban J connectivity index is 1.50. The summed E-state index contributed by atoms with van der Waals surface area (Å²) in [5, 5.41) is 4.28. The lowest BCUT2D eigenvalue weighted by Crippen LogP contribution is -2.28. The minimum atomic E-state index is -0.135. The Hall–Kier alpha value is -4.51. The predicted octanol–water partition coefficient (Wildman–Crippen LogP) is 7.57. The average molecular weight is 547 g/mol. The number of fused-ring (bicyclic) bond motifs is 1. The molecule has 41 heavy (non-hydrogen) atoms. The van der Waals surface area contributed by atoms with Gasteiger partial charge in [0.05, 0.1) is 7.11 Å². The van der Waals surface area contributed by atoms with Crippen LogP contribution in [0.1, 0.15) is 48.4 Å². The maximum absolute atomic E-state index is 13.2. The number of hydrogen-bond donors (Lipinski definition) is 1. The SMILES string of the molecule is COc1ccc(Cn2cc([C@H](CC(=O)NCC(C)C)c3cccc(OCc4ccccc4)c3)c3ccccc32)cc1. The first-order chi connectivity index (χ1) is 20.0. The van der Waals surface area contributed by atoms with E-state index in [4.69, 9.17) is 9.47 Å². The van der Waals surface area contributed by atoms with Crippen LogP contribution in [-0.4, -0.2) is 24.1 Å². The Kier molecular flexibility index (Phi) is 9.05. The molecule has 5 rings (SSSR count). The number of amides is 1. The molecule has 0 aliphatic carbocycles. The van der Waals surface area contributed by atoms with Gasteiger partial charge >= 0.3 is 0 Å². The quantitative estimate of drug-likeness (QED) is 0.176. The summed E-state index contributed by atoms with van der Waals surface area (Å²) in [4.78, 5) is 13.2. The van der Waals surface area contributed by atoms with E-state index in [0.29, 0.717) is 25.5 Å². The first-order valence-corrected chi connectivity index (χ1v) is 14.2. The highest BCUT2D eigenvalue weighted by Gasteiger charge is 2.23. The number of methoxy groups -OCH3 is 1. The molecule has 1 heterocycles. The molecular formula is C36H38N2O3. The summed E-state index contributed by atoms with van der Waals surface area (Å²) in [6, 6.07) is 35.0. The topological polar surface area (TPSA) is 52.5 Å². The van der Waals surface area contributed by atoms with Gasteiger partial charge in [-0.1, -0.05) is 86.6 Å². The summed E-state index contributed by atoms with van der Waals surface area (Å²) in [6.45, 7) is 6.09. The summed E-state index contributed by atoms with van der Waals surface area (Å²) in [7, 11) is 1.68. The molecule has 1 atom stereocenters. The van der Waals surface area contributed by atoms with Crippen molar-refractivity contribution in [3.8, 4) is 11.5 Å². The summed E-state index contributed by atoms with van der Waals surface area (Å²) in [6.07, 6.45) is 2.57. The Morgan fingerprint density at radius 2 is 1.59 bits per heavy atom. The van der Waals surface area contributed by atoms with E-state index in [1.54, 1.807) is 7.11 Å². The van der Waals surface area contributed by atoms with Crippen molar-refractivity contribution in [2.24, 2.45) is 5.92 Å². The zero-order chi connectivity index (χ0) is 28.6. The van der Waals surface area contributed by atoms with Gasteiger partial charge in [-0.3, -0.25) is 4.79 Å². The Morgan fingerprint density at radius 3 is 2.34 bits per heavy atom. The molecule has 0 saturated carbocycles. The minimum Gasteiger partial charge on any atom is -0.497 e. The molecular weight excluding hydrogens is 508 g/mol. The number of nitrogens with zero attached hydrogens (tertiary/aromatic N) is 1. The molecule has 0 bridgehead atoms. The Bertz CT molecular complexity index is 1570. The van der Waals surface area contributed by atoms with Gasteiger partial charge in [-0.2, -0.15) is 0 Å². The lowest BCUT2D eigenvalue weighted by atomic mass is 9.88. The van der Waals surface area contributed by atoms with E-state index < -0.39 is 0 Å². The van der Waals surface area contributed by atoms with Crippen LogP contribution >= 0.6 is 0 Å². The summed E-state index contributed by atoms with van der Waals surface area (Å²) < 4.78 is 13.8. The van der Waals surface area contributed by atoms with Crippen LogP contribution in [-0.2, 0) is 17.9 Å². The van der Waals surface area contributed by atoms with E-state index in [-0.39, 0.29) is 11.8 Å². The highest BCUT2D eigenvalue weighted by atomic mass is 16.5. The average Bonchev–Trinajstić information content (AvgIpc) is 3.36. The molecule has 0 saturated heterocycles. The van der Waals surface area contributed by atoms with E-state index in [0.717, 1.165) is 45.6 Å². The van der Waals surface area contributed by atoms with E-state index in [1.165, 1.54) is 5.56 Å². The smallest absolute Gasteiger partial charge is 0.220 e.